The largest absolute Gasteiger partial charge is 0.394 e. The predicted octanol–water partition coefficient (Wildman–Crippen LogP) is -1.98. The van der Waals surface area contributed by atoms with Gasteiger partial charge in [-0.15, -0.1) is 10.2 Å². The summed E-state index contributed by atoms with van der Waals surface area (Å²) in [6, 6.07) is 0. The van der Waals surface area contributed by atoms with Crippen LogP contribution in [0.1, 0.15) is 6.23 Å². The van der Waals surface area contributed by atoms with Crippen molar-refractivity contribution in [2.24, 2.45) is 0 Å². The molecule has 0 saturated carbocycles. The van der Waals surface area contributed by atoms with Crippen LogP contribution in [0.15, 0.2) is 25.3 Å². The molecule has 4 atom stereocenters. The van der Waals surface area contributed by atoms with E-state index in [0.29, 0.717) is 17.0 Å². The standard InChI is InChI=1S/C12H13N7O4/c20-1-6-8(21)9(22)12(23-6)19-3-15-7-10(13-2-14-11(7)19)18-4-16-17-5-18/h2-6,8-9,12,20-22H,1H2/t6-,8+,9?,12-/m1/s1. The molecule has 1 unspecified atom stereocenters. The second-order valence-corrected chi connectivity index (χ2v) is 5.12. The number of aliphatic hydroxyl groups excluding tert-OH is 3. The van der Waals surface area contributed by atoms with E-state index in [-0.39, 0.29) is 0 Å². The Bertz CT molecular complexity index is 820. The van der Waals surface area contributed by atoms with E-state index < -0.39 is 31.1 Å². The third-order valence-electron chi connectivity index (χ3n) is 3.79. The first-order chi connectivity index (χ1) is 11.2. The van der Waals surface area contributed by atoms with Gasteiger partial charge in [0.2, 0.25) is 0 Å². The van der Waals surface area contributed by atoms with Crippen molar-refractivity contribution < 1.29 is 20.1 Å². The second kappa shape index (κ2) is 5.31. The molecule has 0 aromatic carbocycles. The summed E-state index contributed by atoms with van der Waals surface area (Å²) in [5, 5.41) is 36.7. The lowest BCUT2D eigenvalue weighted by Crippen LogP contribution is -2.33. The number of fused-ring (bicyclic) bond motifs is 1. The zero-order valence-corrected chi connectivity index (χ0v) is 11.7. The number of aliphatic hydroxyl groups is 3. The molecule has 0 spiro atoms. The van der Waals surface area contributed by atoms with Gasteiger partial charge in [-0.2, -0.15) is 0 Å². The Labute approximate surface area is 128 Å². The number of nitrogens with zero attached hydrogens (tertiary/aromatic N) is 7. The minimum absolute atomic E-state index is 0.400. The smallest absolute Gasteiger partial charge is 0.170 e. The topological polar surface area (TPSA) is 144 Å². The van der Waals surface area contributed by atoms with Crippen LogP contribution in [0.4, 0.5) is 0 Å². The molecule has 1 fully saturated rings. The van der Waals surface area contributed by atoms with Crippen molar-refractivity contribution in [1.29, 1.82) is 0 Å². The highest BCUT2D eigenvalue weighted by molar-refractivity contribution is 5.78. The monoisotopic (exact) mass is 319 g/mol. The molecule has 11 heteroatoms. The summed E-state index contributed by atoms with van der Waals surface area (Å²) >= 11 is 0. The number of hydrogen-bond donors (Lipinski definition) is 3. The Kier molecular flexibility index (Phi) is 3.27. The summed E-state index contributed by atoms with van der Waals surface area (Å²) in [7, 11) is 0. The summed E-state index contributed by atoms with van der Waals surface area (Å²) in [5.41, 5.74) is 0.878. The molecular weight excluding hydrogens is 306 g/mol. The first kappa shape index (κ1) is 14.1. The molecule has 3 aromatic rings. The van der Waals surface area contributed by atoms with Crippen molar-refractivity contribution in [2.75, 3.05) is 6.61 Å². The summed E-state index contributed by atoms with van der Waals surface area (Å²) < 4.78 is 8.58. The average Bonchev–Trinajstić information content (AvgIpc) is 3.28. The number of imidazole rings is 1. The van der Waals surface area contributed by atoms with E-state index in [1.165, 1.54) is 29.9 Å². The molecule has 4 rings (SSSR count). The van der Waals surface area contributed by atoms with Gasteiger partial charge in [0.25, 0.3) is 0 Å². The first-order valence-electron chi connectivity index (χ1n) is 6.85. The molecule has 1 saturated heterocycles. The molecule has 1 aliphatic rings. The van der Waals surface area contributed by atoms with Crippen molar-refractivity contribution in [3.05, 3.63) is 25.3 Å². The molecule has 23 heavy (non-hydrogen) atoms. The molecule has 0 bridgehead atoms. The molecule has 0 amide bonds. The molecule has 0 radical (unpaired) electrons. The minimum atomic E-state index is -1.21. The van der Waals surface area contributed by atoms with E-state index in [1.807, 2.05) is 0 Å². The lowest BCUT2D eigenvalue weighted by Gasteiger charge is -2.16. The van der Waals surface area contributed by atoms with Gasteiger partial charge in [0.15, 0.2) is 23.2 Å². The fourth-order valence-corrected chi connectivity index (χ4v) is 2.63. The molecule has 3 N–H and O–H groups in total. The van der Waals surface area contributed by atoms with E-state index in [9.17, 15) is 15.3 Å². The maximum absolute atomic E-state index is 10.1. The molecule has 120 valence electrons. The lowest BCUT2D eigenvalue weighted by molar-refractivity contribution is -0.0511. The van der Waals surface area contributed by atoms with Crippen LogP contribution < -0.4 is 0 Å². The first-order valence-corrected chi connectivity index (χ1v) is 6.85. The lowest BCUT2D eigenvalue weighted by atomic mass is 10.1. The van der Waals surface area contributed by atoms with E-state index in [1.54, 1.807) is 4.57 Å². The van der Waals surface area contributed by atoms with Gasteiger partial charge in [0.1, 0.15) is 37.3 Å². The van der Waals surface area contributed by atoms with Crippen LogP contribution >= 0.6 is 0 Å². The van der Waals surface area contributed by atoms with E-state index >= 15 is 0 Å². The highest BCUT2D eigenvalue weighted by Crippen LogP contribution is 2.31. The van der Waals surface area contributed by atoms with Gasteiger partial charge in [-0.3, -0.25) is 9.13 Å². The molecule has 11 nitrogen and oxygen atoms in total. The SMILES string of the molecule is OC[C@H]1O[C@@H](n2cnc3c(-n4cnnc4)ncnc32)C(O)[C@H]1O. The van der Waals surface area contributed by atoms with Gasteiger partial charge in [-0.05, 0) is 0 Å². The zero-order chi connectivity index (χ0) is 16.0. The number of ether oxygens (including phenoxy) is 1. The van der Waals surface area contributed by atoms with Crippen molar-refractivity contribution in [2.45, 2.75) is 24.5 Å². The second-order valence-electron chi connectivity index (χ2n) is 5.12. The van der Waals surface area contributed by atoms with Crippen molar-refractivity contribution in [3.8, 4) is 5.82 Å². The highest BCUT2D eigenvalue weighted by atomic mass is 16.6. The third-order valence-corrected chi connectivity index (χ3v) is 3.79. The van der Waals surface area contributed by atoms with Gasteiger partial charge in [-0.1, -0.05) is 0 Å². The van der Waals surface area contributed by atoms with Crippen LogP contribution in [0.3, 0.4) is 0 Å². The van der Waals surface area contributed by atoms with Crippen LogP contribution in [-0.2, 0) is 4.74 Å². The Balaban J connectivity index is 1.80. The van der Waals surface area contributed by atoms with Crippen LogP contribution in [0.5, 0.6) is 0 Å². The Morgan fingerprint density at radius 2 is 1.83 bits per heavy atom. The quantitative estimate of drug-likeness (QED) is 0.500. The Morgan fingerprint density at radius 3 is 2.52 bits per heavy atom. The van der Waals surface area contributed by atoms with Gasteiger partial charge >= 0.3 is 0 Å². The van der Waals surface area contributed by atoms with Crippen molar-refractivity contribution >= 4 is 11.2 Å². The fourth-order valence-electron chi connectivity index (χ4n) is 2.63. The summed E-state index contributed by atoms with van der Waals surface area (Å²) in [6.07, 6.45) is 1.56. The summed E-state index contributed by atoms with van der Waals surface area (Å²) in [4.78, 5) is 12.6. The van der Waals surface area contributed by atoms with Crippen LogP contribution in [0, 0.1) is 0 Å². The van der Waals surface area contributed by atoms with Crippen LogP contribution in [0.2, 0.25) is 0 Å². The average molecular weight is 319 g/mol. The highest BCUT2D eigenvalue weighted by Gasteiger charge is 2.44. The fraction of sp³-hybridized carbons (Fsp3) is 0.417. The molecule has 1 aliphatic heterocycles. The van der Waals surface area contributed by atoms with E-state index in [4.69, 9.17) is 4.74 Å². The maximum Gasteiger partial charge on any atom is 0.170 e. The summed E-state index contributed by atoms with van der Waals surface area (Å²) in [6.45, 7) is -0.400. The predicted molar refractivity (Wildman–Crippen MR) is 73.2 cm³/mol. The van der Waals surface area contributed by atoms with E-state index in [2.05, 4.69) is 25.1 Å². The van der Waals surface area contributed by atoms with E-state index in [0.717, 1.165) is 0 Å². The van der Waals surface area contributed by atoms with Gasteiger partial charge in [-0.25, -0.2) is 15.0 Å². The van der Waals surface area contributed by atoms with Crippen LogP contribution in [-0.4, -0.2) is 74.5 Å². The Hall–Kier alpha value is -2.47. The van der Waals surface area contributed by atoms with Crippen LogP contribution in [0.25, 0.3) is 17.0 Å². The zero-order valence-electron chi connectivity index (χ0n) is 11.7. The molecule has 4 heterocycles. The number of aromatic nitrogens is 7. The maximum atomic E-state index is 10.1. The minimum Gasteiger partial charge on any atom is -0.394 e. The number of rotatable bonds is 3. The Morgan fingerprint density at radius 1 is 1.04 bits per heavy atom. The summed E-state index contributed by atoms with van der Waals surface area (Å²) in [5.74, 6) is 0.477. The molecule has 0 aliphatic carbocycles. The normalized spacial score (nSPS) is 27.8. The molecule has 3 aromatic heterocycles. The molecular formula is C12H13N7O4. The van der Waals surface area contributed by atoms with Gasteiger partial charge in [0.05, 0.1) is 12.9 Å². The van der Waals surface area contributed by atoms with Gasteiger partial charge in [0, 0.05) is 0 Å². The van der Waals surface area contributed by atoms with Gasteiger partial charge < -0.3 is 20.1 Å². The third kappa shape index (κ3) is 2.09. The van der Waals surface area contributed by atoms with Crippen molar-refractivity contribution in [1.82, 2.24) is 34.3 Å². The van der Waals surface area contributed by atoms with Crippen molar-refractivity contribution in [3.63, 3.8) is 0 Å². The number of hydrogen-bond acceptors (Lipinski definition) is 9.